The fourth-order valence-corrected chi connectivity index (χ4v) is 1.28. The normalized spacial score (nSPS) is 12.8. The van der Waals surface area contributed by atoms with E-state index in [1.165, 1.54) is 7.11 Å². The Morgan fingerprint density at radius 2 is 2.25 bits per heavy atom. The minimum Gasteiger partial charge on any atom is -0.468 e. The number of aromatic nitrogens is 2. The maximum atomic E-state index is 11.1. The number of esters is 1. The third-order valence-electron chi connectivity index (χ3n) is 2.35. The maximum absolute atomic E-state index is 11.1. The Kier molecular flexibility index (Phi) is 4.49. The van der Waals surface area contributed by atoms with Crippen molar-refractivity contribution in [1.82, 2.24) is 15.1 Å². The van der Waals surface area contributed by atoms with Gasteiger partial charge in [0.25, 0.3) is 0 Å². The molecule has 16 heavy (non-hydrogen) atoms. The number of nitrogens with one attached hydrogen (secondary N) is 1. The molecule has 1 aromatic heterocycles. The molecule has 90 valence electrons. The van der Waals surface area contributed by atoms with Crippen molar-refractivity contribution in [3.05, 3.63) is 18.0 Å². The van der Waals surface area contributed by atoms with E-state index in [1.807, 2.05) is 10.9 Å². The number of methoxy groups -OCH3 is 1. The fraction of sp³-hybridized carbons (Fsp3) is 0.636. The number of ether oxygens (including phenoxy) is 1. The van der Waals surface area contributed by atoms with Crippen LogP contribution in [0.15, 0.2) is 12.4 Å². The van der Waals surface area contributed by atoms with Crippen LogP contribution in [0.2, 0.25) is 0 Å². The van der Waals surface area contributed by atoms with Crippen LogP contribution in [0.25, 0.3) is 0 Å². The van der Waals surface area contributed by atoms with Crippen LogP contribution in [0, 0.1) is 0 Å². The van der Waals surface area contributed by atoms with Gasteiger partial charge in [-0.2, -0.15) is 5.10 Å². The molecular formula is C11H19N3O2. The summed E-state index contributed by atoms with van der Waals surface area (Å²) >= 11 is 0. The first-order chi connectivity index (χ1) is 7.54. The van der Waals surface area contributed by atoms with Crippen LogP contribution in [-0.2, 0) is 16.1 Å². The summed E-state index contributed by atoms with van der Waals surface area (Å²) in [6.07, 6.45) is 3.78. The molecular weight excluding hydrogens is 206 g/mol. The molecule has 0 aliphatic heterocycles. The molecule has 0 fully saturated rings. The summed E-state index contributed by atoms with van der Waals surface area (Å²) in [6, 6.07) is 0.0548. The quantitative estimate of drug-likeness (QED) is 0.763. The van der Waals surface area contributed by atoms with Gasteiger partial charge in [0.1, 0.15) is 6.04 Å². The van der Waals surface area contributed by atoms with Crippen molar-refractivity contribution in [2.45, 2.75) is 39.4 Å². The van der Waals surface area contributed by atoms with Crippen molar-refractivity contribution in [1.29, 1.82) is 0 Å². The second kappa shape index (κ2) is 5.65. The molecule has 5 nitrogen and oxygen atoms in total. The second-order valence-corrected chi connectivity index (χ2v) is 4.05. The first-order valence-corrected chi connectivity index (χ1v) is 5.38. The standard InChI is InChI=1S/C11H19N3O2/c1-8(2)14-7-10(6-13-14)5-12-9(3)11(15)16-4/h6-9,12H,5H2,1-4H3. The van der Waals surface area contributed by atoms with Crippen LogP contribution in [0.5, 0.6) is 0 Å². The monoisotopic (exact) mass is 225 g/mol. The lowest BCUT2D eigenvalue weighted by atomic mass is 10.3. The highest BCUT2D eigenvalue weighted by Gasteiger charge is 2.12. The van der Waals surface area contributed by atoms with Gasteiger partial charge in [0.2, 0.25) is 0 Å². The van der Waals surface area contributed by atoms with Crippen LogP contribution in [0.1, 0.15) is 32.4 Å². The summed E-state index contributed by atoms with van der Waals surface area (Å²) in [4.78, 5) is 11.1. The van der Waals surface area contributed by atoms with E-state index in [4.69, 9.17) is 0 Å². The summed E-state index contributed by atoms with van der Waals surface area (Å²) in [5.74, 6) is -0.253. The lowest BCUT2D eigenvalue weighted by molar-refractivity contribution is -0.142. The van der Waals surface area contributed by atoms with Crippen LogP contribution in [-0.4, -0.2) is 28.9 Å². The molecule has 0 saturated carbocycles. The van der Waals surface area contributed by atoms with Crippen molar-refractivity contribution in [2.24, 2.45) is 0 Å². The van der Waals surface area contributed by atoms with Crippen molar-refractivity contribution in [3.8, 4) is 0 Å². The van der Waals surface area contributed by atoms with E-state index in [1.54, 1.807) is 13.1 Å². The van der Waals surface area contributed by atoms with Gasteiger partial charge < -0.3 is 10.1 Å². The van der Waals surface area contributed by atoms with Crippen LogP contribution in [0.3, 0.4) is 0 Å². The summed E-state index contributed by atoms with van der Waals surface area (Å²) < 4.78 is 6.51. The summed E-state index contributed by atoms with van der Waals surface area (Å²) in [5.41, 5.74) is 1.06. The van der Waals surface area contributed by atoms with Crippen LogP contribution < -0.4 is 5.32 Å². The van der Waals surface area contributed by atoms with Crippen molar-refractivity contribution in [2.75, 3.05) is 7.11 Å². The topological polar surface area (TPSA) is 56.1 Å². The summed E-state index contributed by atoms with van der Waals surface area (Å²) in [7, 11) is 1.39. The molecule has 0 spiro atoms. The van der Waals surface area contributed by atoms with Gasteiger partial charge in [0.15, 0.2) is 0 Å². The summed E-state index contributed by atoms with van der Waals surface area (Å²) in [5, 5.41) is 7.29. The lowest BCUT2D eigenvalue weighted by Crippen LogP contribution is -2.34. The third kappa shape index (κ3) is 3.34. The molecule has 0 saturated heterocycles. The van der Waals surface area contributed by atoms with Gasteiger partial charge in [0, 0.05) is 24.3 Å². The number of carbonyl (C=O) groups is 1. The Bertz CT molecular complexity index is 347. The average Bonchev–Trinajstić information content (AvgIpc) is 2.73. The van der Waals surface area contributed by atoms with Crippen LogP contribution in [0.4, 0.5) is 0 Å². The van der Waals surface area contributed by atoms with E-state index < -0.39 is 0 Å². The lowest BCUT2D eigenvalue weighted by Gasteiger charge is -2.10. The van der Waals surface area contributed by atoms with Gasteiger partial charge in [-0.1, -0.05) is 0 Å². The zero-order valence-corrected chi connectivity index (χ0v) is 10.2. The number of rotatable bonds is 5. The van der Waals surface area contributed by atoms with E-state index in [9.17, 15) is 4.79 Å². The minimum absolute atomic E-state index is 0.253. The summed E-state index contributed by atoms with van der Waals surface area (Å²) in [6.45, 7) is 6.53. The van der Waals surface area contributed by atoms with E-state index in [0.29, 0.717) is 12.6 Å². The number of hydrogen-bond acceptors (Lipinski definition) is 4. The molecule has 1 rings (SSSR count). The molecule has 5 heteroatoms. The predicted molar refractivity (Wildman–Crippen MR) is 60.9 cm³/mol. The van der Waals surface area contributed by atoms with Crippen molar-refractivity contribution >= 4 is 5.97 Å². The zero-order chi connectivity index (χ0) is 12.1. The Morgan fingerprint density at radius 3 is 2.75 bits per heavy atom. The first-order valence-electron chi connectivity index (χ1n) is 5.38. The average molecular weight is 225 g/mol. The molecule has 0 aliphatic carbocycles. The molecule has 0 radical (unpaired) electrons. The van der Waals surface area contributed by atoms with Gasteiger partial charge in [-0.25, -0.2) is 0 Å². The number of nitrogens with zero attached hydrogens (tertiary/aromatic N) is 2. The van der Waals surface area contributed by atoms with Crippen molar-refractivity contribution in [3.63, 3.8) is 0 Å². The Balaban J connectivity index is 2.45. The van der Waals surface area contributed by atoms with Gasteiger partial charge in [-0.05, 0) is 20.8 Å². The minimum atomic E-state index is -0.299. The van der Waals surface area contributed by atoms with E-state index in [2.05, 4.69) is 29.0 Å². The SMILES string of the molecule is COC(=O)C(C)NCc1cnn(C(C)C)c1. The van der Waals surface area contributed by atoms with Crippen molar-refractivity contribution < 1.29 is 9.53 Å². The first kappa shape index (κ1) is 12.7. The second-order valence-electron chi connectivity index (χ2n) is 4.05. The third-order valence-corrected chi connectivity index (χ3v) is 2.35. The Morgan fingerprint density at radius 1 is 1.56 bits per heavy atom. The Labute approximate surface area is 95.8 Å². The van der Waals surface area contributed by atoms with E-state index in [0.717, 1.165) is 5.56 Å². The highest BCUT2D eigenvalue weighted by Crippen LogP contribution is 2.05. The van der Waals surface area contributed by atoms with Crippen LogP contribution >= 0.6 is 0 Å². The molecule has 1 N–H and O–H groups in total. The number of hydrogen-bond donors (Lipinski definition) is 1. The predicted octanol–water partition coefficient (Wildman–Crippen LogP) is 1.12. The maximum Gasteiger partial charge on any atom is 0.322 e. The molecule has 1 unspecified atom stereocenters. The fourth-order valence-electron chi connectivity index (χ4n) is 1.28. The van der Waals surface area contributed by atoms with Gasteiger partial charge in [-0.15, -0.1) is 0 Å². The molecule has 1 heterocycles. The van der Waals surface area contributed by atoms with E-state index in [-0.39, 0.29) is 12.0 Å². The van der Waals surface area contributed by atoms with Gasteiger partial charge in [-0.3, -0.25) is 9.48 Å². The molecule has 0 amide bonds. The van der Waals surface area contributed by atoms with Gasteiger partial charge >= 0.3 is 5.97 Å². The molecule has 0 aromatic carbocycles. The highest BCUT2D eigenvalue weighted by atomic mass is 16.5. The number of carbonyl (C=O) groups excluding carboxylic acids is 1. The highest BCUT2D eigenvalue weighted by molar-refractivity contribution is 5.75. The Hall–Kier alpha value is -1.36. The smallest absolute Gasteiger partial charge is 0.322 e. The zero-order valence-electron chi connectivity index (χ0n) is 10.2. The molecule has 0 aliphatic rings. The largest absolute Gasteiger partial charge is 0.468 e. The van der Waals surface area contributed by atoms with Gasteiger partial charge in [0.05, 0.1) is 13.3 Å². The molecule has 1 atom stereocenters. The van der Waals surface area contributed by atoms with E-state index >= 15 is 0 Å². The molecule has 0 bridgehead atoms. The molecule has 1 aromatic rings.